The fourth-order valence-corrected chi connectivity index (χ4v) is 2.42. The summed E-state index contributed by atoms with van der Waals surface area (Å²) in [6.07, 6.45) is 1.68. The molecule has 0 unspecified atom stereocenters. The number of imidazole rings is 1. The fraction of sp³-hybridized carbons (Fsp3) is 0.143. The largest absolute Gasteiger partial charge is 0.495 e. The second kappa shape index (κ2) is 5.14. The summed E-state index contributed by atoms with van der Waals surface area (Å²) in [5.41, 5.74) is 8.02. The number of hydrogen-bond acceptors (Lipinski definition) is 5. The van der Waals surface area contributed by atoms with Crippen LogP contribution in [0, 0.1) is 0 Å². The topological polar surface area (TPSA) is 75.2 Å². The molecule has 0 aliphatic heterocycles. The van der Waals surface area contributed by atoms with E-state index in [9.17, 15) is 0 Å². The van der Waals surface area contributed by atoms with Crippen molar-refractivity contribution < 1.29 is 9.47 Å². The number of nitrogen functional groups attached to an aromatic ring is 1. The Morgan fingerprint density at radius 3 is 2.67 bits per heavy atom. The maximum atomic E-state index is 6.12. The maximum absolute atomic E-state index is 6.12. The number of ether oxygens (including phenoxy) is 2. The molecule has 0 fully saturated rings. The SMILES string of the molecule is COc1cc(-n2c(N)nc3cccnc32)c(OC)cc1Cl. The lowest BCUT2D eigenvalue weighted by atomic mass is 10.2. The van der Waals surface area contributed by atoms with E-state index >= 15 is 0 Å². The number of benzene rings is 1. The number of anilines is 1. The van der Waals surface area contributed by atoms with Crippen LogP contribution in [0.3, 0.4) is 0 Å². The number of halogens is 1. The Kier molecular flexibility index (Phi) is 3.31. The lowest BCUT2D eigenvalue weighted by Gasteiger charge is -2.14. The molecule has 0 bridgehead atoms. The van der Waals surface area contributed by atoms with Gasteiger partial charge in [-0.1, -0.05) is 11.6 Å². The molecule has 0 atom stereocenters. The maximum Gasteiger partial charge on any atom is 0.207 e. The van der Waals surface area contributed by atoms with Crippen molar-refractivity contribution in [3.63, 3.8) is 0 Å². The Labute approximate surface area is 126 Å². The van der Waals surface area contributed by atoms with E-state index in [1.54, 1.807) is 43.2 Å². The molecule has 0 spiro atoms. The highest BCUT2D eigenvalue weighted by Crippen LogP contribution is 2.36. The summed E-state index contributed by atoms with van der Waals surface area (Å²) >= 11 is 6.12. The molecular formula is C14H13ClN4O2. The molecule has 3 rings (SSSR count). The minimum atomic E-state index is 0.311. The number of aromatic nitrogens is 3. The standard InChI is InChI=1S/C14H13ClN4O2/c1-20-11-7-10(12(21-2)6-8(11)15)19-13-9(18-14(19)16)4-3-5-17-13/h3-7H,1-2H3,(H2,16,18). The van der Waals surface area contributed by atoms with Gasteiger partial charge in [-0.3, -0.25) is 4.57 Å². The van der Waals surface area contributed by atoms with Gasteiger partial charge in [0.15, 0.2) is 5.65 Å². The van der Waals surface area contributed by atoms with Crippen LogP contribution in [0.1, 0.15) is 0 Å². The second-order valence-corrected chi connectivity index (χ2v) is 4.72. The molecule has 2 aromatic heterocycles. The summed E-state index contributed by atoms with van der Waals surface area (Å²) < 4.78 is 12.3. The minimum Gasteiger partial charge on any atom is -0.495 e. The van der Waals surface area contributed by atoms with E-state index in [0.29, 0.717) is 39.3 Å². The van der Waals surface area contributed by atoms with E-state index in [-0.39, 0.29) is 0 Å². The zero-order valence-corrected chi connectivity index (χ0v) is 12.3. The van der Waals surface area contributed by atoms with E-state index in [0.717, 1.165) is 0 Å². The zero-order chi connectivity index (χ0) is 15.0. The smallest absolute Gasteiger partial charge is 0.207 e. The van der Waals surface area contributed by atoms with E-state index in [2.05, 4.69) is 9.97 Å². The summed E-state index contributed by atoms with van der Waals surface area (Å²) in [4.78, 5) is 8.61. The molecule has 0 aliphatic carbocycles. The molecule has 7 heteroatoms. The molecule has 1 aromatic carbocycles. The number of hydrogen-bond donors (Lipinski definition) is 1. The summed E-state index contributed by atoms with van der Waals surface area (Å²) in [6.45, 7) is 0. The van der Waals surface area contributed by atoms with Crippen LogP contribution in [0.15, 0.2) is 30.5 Å². The van der Waals surface area contributed by atoms with Gasteiger partial charge in [-0.15, -0.1) is 0 Å². The predicted octanol–water partition coefficient (Wildman–Crippen LogP) is 2.67. The van der Waals surface area contributed by atoms with Crippen LogP contribution in [0.4, 0.5) is 5.95 Å². The van der Waals surface area contributed by atoms with Crippen molar-refractivity contribution in [1.82, 2.24) is 14.5 Å². The minimum absolute atomic E-state index is 0.311. The number of rotatable bonds is 3. The van der Waals surface area contributed by atoms with E-state index in [1.165, 1.54) is 0 Å². The lowest BCUT2D eigenvalue weighted by molar-refractivity contribution is 0.402. The average molecular weight is 305 g/mol. The molecule has 0 saturated heterocycles. The molecule has 21 heavy (non-hydrogen) atoms. The molecule has 108 valence electrons. The molecule has 0 radical (unpaired) electrons. The molecule has 3 aromatic rings. The van der Waals surface area contributed by atoms with Crippen molar-refractivity contribution in [1.29, 1.82) is 0 Å². The third kappa shape index (κ3) is 2.13. The van der Waals surface area contributed by atoms with E-state index in [1.807, 2.05) is 6.07 Å². The van der Waals surface area contributed by atoms with Gasteiger partial charge in [0.25, 0.3) is 0 Å². The van der Waals surface area contributed by atoms with Crippen molar-refractivity contribution in [2.24, 2.45) is 0 Å². The Hall–Kier alpha value is -2.47. The fourth-order valence-electron chi connectivity index (χ4n) is 2.19. The predicted molar refractivity (Wildman–Crippen MR) is 81.4 cm³/mol. The molecule has 2 heterocycles. The van der Waals surface area contributed by atoms with Gasteiger partial charge in [0, 0.05) is 18.3 Å². The van der Waals surface area contributed by atoms with Gasteiger partial charge in [0.1, 0.15) is 17.0 Å². The van der Waals surface area contributed by atoms with Gasteiger partial charge in [0.05, 0.1) is 24.9 Å². The molecule has 0 aliphatic rings. The Morgan fingerprint density at radius 2 is 1.95 bits per heavy atom. The zero-order valence-electron chi connectivity index (χ0n) is 11.5. The normalized spacial score (nSPS) is 10.8. The second-order valence-electron chi connectivity index (χ2n) is 4.31. The van der Waals surface area contributed by atoms with Crippen LogP contribution >= 0.6 is 11.6 Å². The Balaban J connectivity index is 2.34. The Morgan fingerprint density at radius 1 is 1.19 bits per heavy atom. The van der Waals surface area contributed by atoms with E-state index < -0.39 is 0 Å². The van der Waals surface area contributed by atoms with E-state index in [4.69, 9.17) is 26.8 Å². The first-order valence-corrected chi connectivity index (χ1v) is 6.54. The highest BCUT2D eigenvalue weighted by atomic mass is 35.5. The number of nitrogens with zero attached hydrogens (tertiary/aromatic N) is 3. The van der Waals surface area contributed by atoms with Crippen LogP contribution in [-0.4, -0.2) is 28.8 Å². The first-order valence-electron chi connectivity index (χ1n) is 6.16. The summed E-state index contributed by atoms with van der Waals surface area (Å²) in [6, 6.07) is 7.06. The highest BCUT2D eigenvalue weighted by Gasteiger charge is 2.17. The number of nitrogens with two attached hydrogens (primary N) is 1. The van der Waals surface area contributed by atoms with Crippen LogP contribution < -0.4 is 15.2 Å². The van der Waals surface area contributed by atoms with Crippen molar-refractivity contribution in [2.75, 3.05) is 20.0 Å². The Bertz CT molecular complexity index is 816. The van der Waals surface area contributed by atoms with Crippen LogP contribution in [-0.2, 0) is 0 Å². The van der Waals surface area contributed by atoms with Gasteiger partial charge >= 0.3 is 0 Å². The van der Waals surface area contributed by atoms with Gasteiger partial charge < -0.3 is 15.2 Å². The molecule has 6 nitrogen and oxygen atoms in total. The average Bonchev–Trinajstić information content (AvgIpc) is 2.82. The van der Waals surface area contributed by atoms with Gasteiger partial charge in [-0.2, -0.15) is 0 Å². The molecular weight excluding hydrogens is 292 g/mol. The number of methoxy groups -OCH3 is 2. The third-order valence-electron chi connectivity index (χ3n) is 3.14. The van der Waals surface area contributed by atoms with Gasteiger partial charge in [-0.25, -0.2) is 9.97 Å². The van der Waals surface area contributed by atoms with Gasteiger partial charge in [0.2, 0.25) is 5.95 Å². The first kappa shape index (κ1) is 13.5. The van der Waals surface area contributed by atoms with Crippen molar-refractivity contribution in [2.45, 2.75) is 0 Å². The third-order valence-corrected chi connectivity index (χ3v) is 3.43. The summed E-state index contributed by atoms with van der Waals surface area (Å²) in [7, 11) is 3.11. The first-order chi connectivity index (χ1) is 10.2. The highest BCUT2D eigenvalue weighted by molar-refractivity contribution is 6.32. The summed E-state index contributed by atoms with van der Waals surface area (Å²) in [5, 5.41) is 0.453. The molecule has 0 amide bonds. The van der Waals surface area contributed by atoms with Crippen molar-refractivity contribution in [3.8, 4) is 17.2 Å². The van der Waals surface area contributed by atoms with Crippen LogP contribution in [0.2, 0.25) is 5.02 Å². The molecule has 2 N–H and O–H groups in total. The lowest BCUT2D eigenvalue weighted by Crippen LogP contribution is -2.04. The van der Waals surface area contributed by atoms with Crippen LogP contribution in [0.5, 0.6) is 11.5 Å². The number of pyridine rings is 1. The monoisotopic (exact) mass is 304 g/mol. The van der Waals surface area contributed by atoms with Gasteiger partial charge in [-0.05, 0) is 12.1 Å². The number of fused-ring (bicyclic) bond motifs is 1. The van der Waals surface area contributed by atoms with Crippen molar-refractivity contribution in [3.05, 3.63) is 35.5 Å². The summed E-state index contributed by atoms with van der Waals surface area (Å²) in [5.74, 6) is 1.38. The van der Waals surface area contributed by atoms with Crippen LogP contribution in [0.25, 0.3) is 16.9 Å². The van der Waals surface area contributed by atoms with Crippen molar-refractivity contribution >= 4 is 28.7 Å². The quantitative estimate of drug-likeness (QED) is 0.805. The molecule has 0 saturated carbocycles.